The van der Waals surface area contributed by atoms with Gasteiger partial charge < -0.3 is 14.6 Å². The van der Waals surface area contributed by atoms with Crippen molar-refractivity contribution >= 4 is 29.2 Å². The summed E-state index contributed by atoms with van der Waals surface area (Å²) in [5.74, 6) is 0.376. The third kappa shape index (κ3) is 4.60. The van der Waals surface area contributed by atoms with E-state index < -0.39 is 0 Å². The minimum atomic E-state index is -0.312. The molecule has 33 heavy (non-hydrogen) atoms. The fourth-order valence-electron chi connectivity index (χ4n) is 4.34. The van der Waals surface area contributed by atoms with Crippen molar-refractivity contribution in [2.45, 2.75) is 26.2 Å². The van der Waals surface area contributed by atoms with Gasteiger partial charge in [0.15, 0.2) is 11.5 Å². The topological polar surface area (TPSA) is 68.1 Å². The summed E-state index contributed by atoms with van der Waals surface area (Å²) >= 11 is 0. The minimum absolute atomic E-state index is 0.0645. The summed E-state index contributed by atoms with van der Waals surface area (Å²) < 4.78 is 24.7. The van der Waals surface area contributed by atoms with Gasteiger partial charge in [-0.25, -0.2) is 4.39 Å². The average Bonchev–Trinajstić information content (AvgIpc) is 3.39. The lowest BCUT2D eigenvalue weighted by atomic mass is 9.97. The molecular formula is C27H26FNO4. The summed E-state index contributed by atoms with van der Waals surface area (Å²) in [6.07, 6.45) is 6.91. The summed E-state index contributed by atoms with van der Waals surface area (Å²) in [6, 6.07) is 8.19. The van der Waals surface area contributed by atoms with Gasteiger partial charge >= 0.3 is 0 Å². The van der Waals surface area contributed by atoms with Crippen molar-refractivity contribution in [2.24, 2.45) is 4.99 Å². The van der Waals surface area contributed by atoms with E-state index in [2.05, 4.69) is 4.99 Å². The molecule has 170 valence electrons. The number of carbonyl (C=O) groups excluding carboxylic acids is 1. The number of hydrogen-bond acceptors (Lipinski definition) is 5. The van der Waals surface area contributed by atoms with Crippen molar-refractivity contribution in [1.82, 2.24) is 0 Å². The number of ketones is 1. The summed E-state index contributed by atoms with van der Waals surface area (Å²) in [5.41, 5.74) is 6.43. The van der Waals surface area contributed by atoms with Crippen molar-refractivity contribution in [3.05, 3.63) is 70.1 Å². The van der Waals surface area contributed by atoms with E-state index in [1.54, 1.807) is 24.4 Å². The molecule has 2 aromatic carbocycles. The van der Waals surface area contributed by atoms with E-state index in [9.17, 15) is 14.3 Å². The monoisotopic (exact) mass is 447 g/mol. The van der Waals surface area contributed by atoms with Crippen LogP contribution in [-0.4, -0.2) is 37.9 Å². The molecule has 0 bridgehead atoms. The van der Waals surface area contributed by atoms with Crippen molar-refractivity contribution in [3.8, 4) is 17.2 Å². The number of phenols is 1. The number of phenolic OH excluding ortho intramolecular Hbond substituents is 1. The second-order valence-electron chi connectivity index (χ2n) is 8.16. The van der Waals surface area contributed by atoms with E-state index in [-0.39, 0.29) is 17.3 Å². The zero-order valence-corrected chi connectivity index (χ0v) is 18.9. The van der Waals surface area contributed by atoms with Crippen molar-refractivity contribution in [2.75, 3.05) is 20.8 Å². The molecule has 5 nitrogen and oxygen atoms in total. The number of ether oxygens (including phenoxy) is 2. The lowest BCUT2D eigenvalue weighted by molar-refractivity contribution is -0.118. The molecule has 2 aromatic rings. The maximum atomic E-state index is 14.1. The number of hydrogen-bond donors (Lipinski definition) is 1. The van der Waals surface area contributed by atoms with Crippen LogP contribution in [0.25, 0.3) is 17.2 Å². The predicted octanol–water partition coefficient (Wildman–Crippen LogP) is 5.63. The molecule has 0 radical (unpaired) electrons. The highest BCUT2D eigenvalue weighted by molar-refractivity contribution is 6.05. The standard InChI is InChI=1S/C27H26FNO4/c1-16-21(7-5-20(30)10-17-8-9-29-15-17)24-14-19(28)4-6-22(24)23(16)11-18-12-25(32-2)27(31)26(13-18)33-3/h4,6,8-9,11-14,31H,5,7,10,15H2,1-3H3/b23-11-. The Morgan fingerprint density at radius 1 is 1.15 bits per heavy atom. The fraction of sp³-hybridized carbons (Fsp3) is 0.259. The molecule has 0 atom stereocenters. The van der Waals surface area contributed by atoms with Crippen LogP contribution in [0.1, 0.15) is 42.9 Å². The summed E-state index contributed by atoms with van der Waals surface area (Å²) in [4.78, 5) is 16.7. The zero-order valence-electron chi connectivity index (χ0n) is 18.9. The largest absolute Gasteiger partial charge is 0.502 e. The minimum Gasteiger partial charge on any atom is -0.502 e. The lowest BCUT2D eigenvalue weighted by Crippen LogP contribution is -2.01. The summed E-state index contributed by atoms with van der Waals surface area (Å²) in [7, 11) is 2.96. The van der Waals surface area contributed by atoms with Crippen LogP contribution < -0.4 is 9.47 Å². The van der Waals surface area contributed by atoms with Crippen LogP contribution in [0.5, 0.6) is 17.2 Å². The van der Waals surface area contributed by atoms with Crippen LogP contribution in [-0.2, 0) is 4.79 Å². The number of fused-ring (bicyclic) bond motifs is 1. The molecule has 4 rings (SSSR count). The van der Waals surface area contributed by atoms with Gasteiger partial charge in [0.05, 0.1) is 20.8 Å². The third-order valence-electron chi connectivity index (χ3n) is 6.05. The van der Waals surface area contributed by atoms with Gasteiger partial charge in [-0.15, -0.1) is 0 Å². The van der Waals surface area contributed by atoms with Crippen LogP contribution in [0.15, 0.2) is 52.5 Å². The highest BCUT2D eigenvalue weighted by Gasteiger charge is 2.25. The number of rotatable bonds is 8. The van der Waals surface area contributed by atoms with Crippen LogP contribution >= 0.6 is 0 Å². The molecule has 0 fully saturated rings. The Hall–Kier alpha value is -3.67. The van der Waals surface area contributed by atoms with E-state index in [0.717, 1.165) is 39.0 Å². The quantitative estimate of drug-likeness (QED) is 0.570. The number of carbonyl (C=O) groups is 1. The van der Waals surface area contributed by atoms with Crippen LogP contribution in [0.4, 0.5) is 4.39 Å². The van der Waals surface area contributed by atoms with E-state index in [1.165, 1.54) is 26.4 Å². The maximum absolute atomic E-state index is 14.1. The molecule has 1 N–H and O–H groups in total. The number of halogens is 1. The second kappa shape index (κ2) is 9.45. The highest BCUT2D eigenvalue weighted by atomic mass is 19.1. The number of allylic oxidation sites excluding steroid dienone is 4. The van der Waals surface area contributed by atoms with Crippen molar-refractivity contribution < 1.29 is 23.8 Å². The SMILES string of the molecule is COc1cc(/C=C2/C(C)=C(CCC(=O)CC3=CC=NC3)c3cc(F)ccc32)cc(OC)c1O. The molecule has 1 aliphatic carbocycles. The molecule has 1 aliphatic heterocycles. The number of Topliss-reactive ketones (excluding diaryl/α,β-unsaturated/α-hetero) is 1. The van der Waals surface area contributed by atoms with Gasteiger partial charge in [-0.1, -0.05) is 6.07 Å². The molecule has 2 aliphatic rings. The van der Waals surface area contributed by atoms with Gasteiger partial charge in [0.1, 0.15) is 11.6 Å². The first-order chi connectivity index (χ1) is 15.9. The Morgan fingerprint density at radius 2 is 1.88 bits per heavy atom. The number of nitrogens with zero attached hydrogens (tertiary/aromatic N) is 1. The molecular weight excluding hydrogens is 421 g/mol. The highest BCUT2D eigenvalue weighted by Crippen LogP contribution is 2.45. The molecule has 0 saturated heterocycles. The first kappa shape index (κ1) is 22.5. The van der Waals surface area contributed by atoms with Crippen molar-refractivity contribution in [1.29, 1.82) is 0 Å². The van der Waals surface area contributed by atoms with Gasteiger partial charge in [0.25, 0.3) is 0 Å². The Morgan fingerprint density at radius 3 is 2.52 bits per heavy atom. The van der Waals surface area contributed by atoms with Gasteiger partial charge in [0, 0.05) is 19.1 Å². The van der Waals surface area contributed by atoms with E-state index in [0.29, 0.717) is 37.3 Å². The molecule has 0 spiro atoms. The van der Waals surface area contributed by atoms with E-state index >= 15 is 0 Å². The molecule has 0 saturated carbocycles. The lowest BCUT2D eigenvalue weighted by Gasteiger charge is -2.11. The summed E-state index contributed by atoms with van der Waals surface area (Å²) in [5, 5.41) is 10.2. The average molecular weight is 448 g/mol. The smallest absolute Gasteiger partial charge is 0.200 e. The van der Waals surface area contributed by atoms with E-state index in [4.69, 9.17) is 9.47 Å². The van der Waals surface area contributed by atoms with Crippen molar-refractivity contribution in [3.63, 3.8) is 0 Å². The molecule has 0 amide bonds. The normalized spacial score (nSPS) is 15.8. The predicted molar refractivity (Wildman–Crippen MR) is 128 cm³/mol. The first-order valence-corrected chi connectivity index (χ1v) is 10.8. The van der Waals surface area contributed by atoms with Gasteiger partial charge in [-0.05, 0) is 88.7 Å². The number of benzene rings is 2. The Kier molecular flexibility index (Phi) is 6.45. The molecule has 0 unspecified atom stereocenters. The molecule has 1 heterocycles. The third-order valence-corrected chi connectivity index (χ3v) is 6.05. The van der Waals surface area contributed by atoms with E-state index in [1.807, 2.05) is 19.1 Å². The van der Waals surface area contributed by atoms with Gasteiger partial charge in [-0.2, -0.15) is 0 Å². The Bertz CT molecular complexity index is 1210. The molecule has 0 aromatic heterocycles. The zero-order chi connectivity index (χ0) is 23.5. The second-order valence-corrected chi connectivity index (χ2v) is 8.16. The van der Waals surface area contributed by atoms with Crippen LogP contribution in [0.2, 0.25) is 0 Å². The maximum Gasteiger partial charge on any atom is 0.200 e. The Balaban J connectivity index is 1.67. The van der Waals surface area contributed by atoms with Crippen LogP contribution in [0, 0.1) is 5.82 Å². The summed E-state index contributed by atoms with van der Waals surface area (Å²) in [6.45, 7) is 2.58. The van der Waals surface area contributed by atoms with Crippen LogP contribution in [0.3, 0.4) is 0 Å². The van der Waals surface area contributed by atoms with Gasteiger partial charge in [0.2, 0.25) is 5.75 Å². The first-order valence-electron chi connectivity index (χ1n) is 10.8. The number of aromatic hydroxyl groups is 1. The Labute approximate surface area is 192 Å². The number of aliphatic imine (C=N–C) groups is 1. The molecule has 6 heteroatoms. The number of methoxy groups -OCH3 is 2. The van der Waals surface area contributed by atoms with Gasteiger partial charge in [-0.3, -0.25) is 9.79 Å². The fourth-order valence-corrected chi connectivity index (χ4v) is 4.34.